The Bertz CT molecular complexity index is 971. The smallest absolute Gasteiger partial charge is 0.290 e. The van der Waals surface area contributed by atoms with Gasteiger partial charge in [0.25, 0.3) is 11.1 Å². The minimum atomic E-state index is -0.384. The molecule has 0 atom stereocenters. The minimum Gasteiger partial charge on any atom is -0.351 e. The van der Waals surface area contributed by atoms with Crippen LogP contribution >= 0.6 is 11.8 Å². The number of hydrogen-bond donors (Lipinski definition) is 3. The van der Waals surface area contributed by atoms with Crippen LogP contribution in [0.15, 0.2) is 35.5 Å². The Morgan fingerprint density at radius 2 is 1.93 bits per heavy atom. The molecule has 0 aromatic carbocycles. The molecule has 0 spiro atoms. The predicted octanol–water partition coefficient (Wildman–Crippen LogP) is 3.02. The van der Waals surface area contributed by atoms with Gasteiger partial charge in [0.15, 0.2) is 0 Å². The molecule has 0 unspecified atom stereocenters. The normalized spacial score (nSPS) is 22.9. The average molecular weight is 425 g/mol. The first-order chi connectivity index (χ1) is 14.6. The maximum absolute atomic E-state index is 11.7. The minimum absolute atomic E-state index is 0.316. The molecular weight excluding hydrogens is 400 g/mol. The highest BCUT2D eigenvalue weighted by Gasteiger charge is 2.25. The number of nitrogens with one attached hydrogen (secondary N) is 3. The Morgan fingerprint density at radius 1 is 1.13 bits per heavy atom. The molecule has 2 aliphatic rings. The molecule has 8 nitrogen and oxygen atoms in total. The Hall–Kier alpha value is -2.78. The van der Waals surface area contributed by atoms with Crippen LogP contribution in [0.4, 0.5) is 10.7 Å². The summed E-state index contributed by atoms with van der Waals surface area (Å²) in [6, 6.07) is 6.62. The van der Waals surface area contributed by atoms with E-state index >= 15 is 0 Å². The van der Waals surface area contributed by atoms with Crippen molar-refractivity contribution in [1.29, 1.82) is 0 Å². The Balaban J connectivity index is 1.28. The highest BCUT2D eigenvalue weighted by molar-refractivity contribution is 8.18. The van der Waals surface area contributed by atoms with E-state index in [1.807, 2.05) is 19.2 Å². The van der Waals surface area contributed by atoms with E-state index in [2.05, 4.69) is 37.0 Å². The third-order valence-corrected chi connectivity index (χ3v) is 6.17. The van der Waals surface area contributed by atoms with Crippen molar-refractivity contribution < 1.29 is 9.59 Å². The standard InChI is InChI=1S/C21H24N6O2S/c1-13-14(3-2-9-22-13)12-24-15-4-6-16(7-5-15)25-20-23-10-8-17(26-20)11-18-19(28)27-21(29)30-18/h2-3,8-11,15-16,24H,4-7,12H2,1H3,(H,23,25,26)(H,27,28,29)/t15-,16-. The number of nitrogens with zero attached hydrogens (tertiary/aromatic N) is 3. The largest absolute Gasteiger partial charge is 0.351 e. The van der Waals surface area contributed by atoms with Gasteiger partial charge in [-0.2, -0.15) is 0 Å². The van der Waals surface area contributed by atoms with Crippen LogP contribution in [0, 0.1) is 6.92 Å². The highest BCUT2D eigenvalue weighted by atomic mass is 32.2. The summed E-state index contributed by atoms with van der Waals surface area (Å²) in [5.74, 6) is 0.159. The maximum Gasteiger partial charge on any atom is 0.290 e. The lowest BCUT2D eigenvalue weighted by Gasteiger charge is -2.30. The lowest BCUT2D eigenvalue weighted by atomic mass is 9.91. The molecule has 1 saturated heterocycles. The first-order valence-corrected chi connectivity index (χ1v) is 10.9. The van der Waals surface area contributed by atoms with Crippen LogP contribution in [-0.2, 0) is 11.3 Å². The van der Waals surface area contributed by atoms with Crippen LogP contribution in [0.2, 0.25) is 0 Å². The second-order valence-electron chi connectivity index (χ2n) is 7.48. The van der Waals surface area contributed by atoms with Crippen molar-refractivity contribution in [2.24, 2.45) is 0 Å². The molecule has 1 aliphatic carbocycles. The van der Waals surface area contributed by atoms with Gasteiger partial charge in [-0.05, 0) is 68.1 Å². The van der Waals surface area contributed by atoms with Crippen molar-refractivity contribution in [3.05, 3.63) is 52.4 Å². The van der Waals surface area contributed by atoms with Crippen molar-refractivity contribution in [3.8, 4) is 0 Å². The zero-order valence-corrected chi connectivity index (χ0v) is 17.5. The summed E-state index contributed by atoms with van der Waals surface area (Å²) >= 11 is 0.884. The first kappa shape index (κ1) is 20.5. The lowest BCUT2D eigenvalue weighted by Crippen LogP contribution is -2.37. The number of carbonyl (C=O) groups is 2. The molecule has 2 fully saturated rings. The number of amides is 2. The number of carbonyl (C=O) groups excluding carboxylic acids is 2. The molecule has 9 heteroatoms. The molecule has 156 valence electrons. The number of aromatic nitrogens is 3. The molecule has 1 aliphatic heterocycles. The Labute approximate surface area is 179 Å². The molecular formula is C21H24N6O2S. The van der Waals surface area contributed by atoms with Gasteiger partial charge in [0.05, 0.1) is 10.6 Å². The summed E-state index contributed by atoms with van der Waals surface area (Å²) in [5.41, 5.74) is 2.92. The van der Waals surface area contributed by atoms with Crippen molar-refractivity contribution in [2.45, 2.75) is 51.2 Å². The van der Waals surface area contributed by atoms with E-state index in [9.17, 15) is 9.59 Å². The molecule has 4 rings (SSSR count). The van der Waals surface area contributed by atoms with E-state index in [0.717, 1.165) is 49.7 Å². The van der Waals surface area contributed by atoms with Crippen LogP contribution in [0.5, 0.6) is 0 Å². The van der Waals surface area contributed by atoms with E-state index in [1.165, 1.54) is 5.56 Å². The third kappa shape index (κ3) is 5.22. The van der Waals surface area contributed by atoms with Gasteiger partial charge in [-0.1, -0.05) is 6.07 Å². The summed E-state index contributed by atoms with van der Waals surface area (Å²) in [6.45, 7) is 2.88. The maximum atomic E-state index is 11.7. The Kier molecular flexibility index (Phi) is 6.39. The fourth-order valence-corrected chi connectivity index (χ4v) is 4.33. The molecule has 0 bridgehead atoms. The predicted molar refractivity (Wildman–Crippen MR) is 117 cm³/mol. The van der Waals surface area contributed by atoms with E-state index in [4.69, 9.17) is 0 Å². The highest BCUT2D eigenvalue weighted by Crippen LogP contribution is 2.25. The van der Waals surface area contributed by atoms with Crippen molar-refractivity contribution in [3.63, 3.8) is 0 Å². The number of imide groups is 1. The number of pyridine rings is 1. The molecule has 3 N–H and O–H groups in total. The fraction of sp³-hybridized carbons (Fsp3) is 0.381. The summed E-state index contributed by atoms with van der Waals surface area (Å²) in [4.78, 5) is 36.4. The van der Waals surface area contributed by atoms with Crippen LogP contribution in [0.25, 0.3) is 6.08 Å². The molecule has 2 aromatic heterocycles. The SMILES string of the molecule is Cc1ncccc1CN[C@H]1CC[C@H](Nc2nccc(C=C3SC(=O)NC3=O)n2)CC1. The molecule has 2 amide bonds. The molecule has 2 aromatic rings. The fourth-order valence-electron chi connectivity index (χ4n) is 3.66. The number of aryl methyl sites for hydroxylation is 1. The van der Waals surface area contributed by atoms with E-state index in [-0.39, 0.29) is 11.1 Å². The van der Waals surface area contributed by atoms with Gasteiger partial charge in [0.2, 0.25) is 5.95 Å². The quantitative estimate of drug-likeness (QED) is 0.607. The Morgan fingerprint density at radius 3 is 2.67 bits per heavy atom. The van der Waals surface area contributed by atoms with Crippen molar-refractivity contribution >= 4 is 34.9 Å². The van der Waals surface area contributed by atoms with Gasteiger partial charge < -0.3 is 10.6 Å². The number of thioether (sulfide) groups is 1. The van der Waals surface area contributed by atoms with E-state index in [0.29, 0.717) is 28.6 Å². The van der Waals surface area contributed by atoms with Crippen LogP contribution in [-0.4, -0.2) is 38.2 Å². The average Bonchev–Trinajstić information content (AvgIpc) is 3.05. The first-order valence-electron chi connectivity index (χ1n) is 10.0. The summed E-state index contributed by atoms with van der Waals surface area (Å²) in [5, 5.41) is 8.94. The topological polar surface area (TPSA) is 109 Å². The second kappa shape index (κ2) is 9.36. The summed E-state index contributed by atoms with van der Waals surface area (Å²) in [7, 11) is 0. The molecule has 0 radical (unpaired) electrons. The van der Waals surface area contributed by atoms with E-state index < -0.39 is 0 Å². The zero-order valence-electron chi connectivity index (χ0n) is 16.7. The van der Waals surface area contributed by atoms with Gasteiger partial charge in [0, 0.05) is 36.7 Å². The number of hydrogen-bond acceptors (Lipinski definition) is 8. The number of rotatable bonds is 6. The summed E-state index contributed by atoms with van der Waals surface area (Å²) in [6.07, 6.45) is 9.32. The second-order valence-corrected chi connectivity index (χ2v) is 8.49. The third-order valence-electron chi connectivity index (χ3n) is 5.36. The summed E-state index contributed by atoms with van der Waals surface area (Å²) < 4.78 is 0. The number of anilines is 1. The van der Waals surface area contributed by atoms with Crippen molar-refractivity contribution in [2.75, 3.05) is 5.32 Å². The van der Waals surface area contributed by atoms with E-state index in [1.54, 1.807) is 18.3 Å². The van der Waals surface area contributed by atoms with Crippen LogP contribution in [0.1, 0.15) is 42.6 Å². The van der Waals surface area contributed by atoms with Gasteiger partial charge in [-0.15, -0.1) is 0 Å². The van der Waals surface area contributed by atoms with Gasteiger partial charge in [0.1, 0.15) is 0 Å². The molecule has 3 heterocycles. The van der Waals surface area contributed by atoms with Crippen LogP contribution < -0.4 is 16.0 Å². The zero-order chi connectivity index (χ0) is 20.9. The lowest BCUT2D eigenvalue weighted by molar-refractivity contribution is -0.115. The van der Waals surface area contributed by atoms with Gasteiger partial charge in [-0.3, -0.25) is 19.9 Å². The van der Waals surface area contributed by atoms with Crippen LogP contribution in [0.3, 0.4) is 0 Å². The molecule has 30 heavy (non-hydrogen) atoms. The van der Waals surface area contributed by atoms with Gasteiger partial charge >= 0.3 is 0 Å². The monoisotopic (exact) mass is 424 g/mol. The van der Waals surface area contributed by atoms with Gasteiger partial charge in [-0.25, -0.2) is 9.97 Å². The van der Waals surface area contributed by atoms with Crippen molar-refractivity contribution in [1.82, 2.24) is 25.6 Å². The molecule has 1 saturated carbocycles.